The van der Waals surface area contributed by atoms with E-state index >= 15 is 0 Å². The van der Waals surface area contributed by atoms with Crippen molar-refractivity contribution in [2.24, 2.45) is 0 Å². The van der Waals surface area contributed by atoms with Gasteiger partial charge in [-0.15, -0.1) is 11.3 Å². The number of aromatic nitrogens is 1. The van der Waals surface area contributed by atoms with Crippen molar-refractivity contribution in [1.29, 1.82) is 0 Å². The predicted octanol–water partition coefficient (Wildman–Crippen LogP) is 3.15. The highest BCUT2D eigenvalue weighted by molar-refractivity contribution is 7.09. The van der Waals surface area contributed by atoms with Crippen molar-refractivity contribution >= 4 is 33.9 Å². The molecule has 0 spiro atoms. The Morgan fingerprint density at radius 3 is 2.49 bits per heavy atom. The van der Waals surface area contributed by atoms with Gasteiger partial charge in [0.05, 0.1) is 18.3 Å². The Labute approximate surface area is 218 Å². The van der Waals surface area contributed by atoms with Crippen molar-refractivity contribution in [3.8, 4) is 5.75 Å². The van der Waals surface area contributed by atoms with E-state index in [2.05, 4.69) is 10.3 Å². The first kappa shape index (κ1) is 26.3. The third-order valence-corrected chi connectivity index (χ3v) is 7.30. The number of carbonyl (C=O) groups excluding carboxylic acids is 2. The second-order valence-corrected chi connectivity index (χ2v) is 9.78. The Morgan fingerprint density at radius 2 is 1.70 bits per heavy atom. The molecule has 0 aliphatic heterocycles. The van der Waals surface area contributed by atoms with Gasteiger partial charge in [0.1, 0.15) is 10.8 Å². The van der Waals surface area contributed by atoms with Crippen LogP contribution in [0.2, 0.25) is 0 Å². The molecule has 0 saturated carbocycles. The monoisotopic (exact) mass is 519 g/mol. The highest BCUT2D eigenvalue weighted by Gasteiger charge is 2.34. The first-order chi connectivity index (χ1) is 17.8. The molecule has 0 aliphatic rings. The van der Waals surface area contributed by atoms with Gasteiger partial charge in [0.25, 0.3) is 11.8 Å². The minimum absolute atomic E-state index is 0.0322. The number of rotatable bonds is 9. The Kier molecular flexibility index (Phi) is 8.17. The Hall–Kier alpha value is -3.79. The number of benzene rings is 3. The zero-order valence-electron chi connectivity index (χ0n) is 20.5. The molecule has 0 aliphatic carbocycles. The second-order valence-electron chi connectivity index (χ2n) is 8.84. The summed E-state index contributed by atoms with van der Waals surface area (Å²) < 4.78 is 0. The lowest BCUT2D eigenvalue weighted by atomic mass is 9.98. The van der Waals surface area contributed by atoms with Crippen LogP contribution in [0.1, 0.15) is 34.8 Å². The zero-order chi connectivity index (χ0) is 26.5. The molecule has 1 aromatic heterocycles. The molecule has 8 nitrogen and oxygen atoms in total. The van der Waals surface area contributed by atoms with Crippen LogP contribution in [-0.4, -0.2) is 56.3 Å². The van der Waals surface area contributed by atoms with Crippen LogP contribution in [0, 0.1) is 0 Å². The summed E-state index contributed by atoms with van der Waals surface area (Å²) >= 11 is 1.32. The minimum Gasteiger partial charge on any atom is -0.508 e. The number of aromatic hydroxyl groups is 1. The van der Waals surface area contributed by atoms with E-state index in [9.17, 15) is 24.9 Å². The maximum Gasteiger partial charge on any atom is 0.254 e. The number of nitrogens with zero attached hydrogens (tertiary/aromatic N) is 2. The van der Waals surface area contributed by atoms with E-state index in [0.717, 1.165) is 27.6 Å². The van der Waals surface area contributed by atoms with Crippen molar-refractivity contribution in [2.45, 2.75) is 38.1 Å². The SMILES string of the molecule is C[C@H](c1cccc2ccccc12)N(C)C(=O)[C@H](O)[C@@H](O)C(=O)NCc1nc(Cc2ccccc2O)cs1. The largest absolute Gasteiger partial charge is 0.508 e. The quantitative estimate of drug-likeness (QED) is 0.269. The minimum atomic E-state index is -1.93. The molecule has 4 N–H and O–H groups in total. The van der Waals surface area contributed by atoms with Crippen LogP contribution in [-0.2, 0) is 22.6 Å². The van der Waals surface area contributed by atoms with Crippen molar-refractivity contribution in [3.05, 3.63) is 93.9 Å². The normalized spacial score (nSPS) is 13.6. The van der Waals surface area contributed by atoms with Gasteiger partial charge in [-0.1, -0.05) is 60.7 Å². The maximum atomic E-state index is 12.9. The molecule has 1 heterocycles. The van der Waals surface area contributed by atoms with Gasteiger partial charge in [0.2, 0.25) is 0 Å². The van der Waals surface area contributed by atoms with Gasteiger partial charge in [0.15, 0.2) is 12.2 Å². The number of hydrogen-bond donors (Lipinski definition) is 4. The van der Waals surface area contributed by atoms with Gasteiger partial charge in [-0.2, -0.15) is 0 Å². The molecule has 4 rings (SSSR count). The molecule has 37 heavy (non-hydrogen) atoms. The molecule has 192 valence electrons. The van der Waals surface area contributed by atoms with Crippen molar-refractivity contribution < 1.29 is 24.9 Å². The van der Waals surface area contributed by atoms with Gasteiger partial charge in [-0.25, -0.2) is 4.98 Å². The van der Waals surface area contributed by atoms with E-state index in [1.165, 1.54) is 23.3 Å². The molecule has 0 radical (unpaired) electrons. The molecular weight excluding hydrogens is 490 g/mol. The molecular formula is C28H29N3O5S. The number of amides is 2. The summed E-state index contributed by atoms with van der Waals surface area (Å²) in [6, 6.07) is 20.2. The number of likely N-dealkylation sites (N-methyl/N-ethyl adjacent to an activating group) is 1. The topological polar surface area (TPSA) is 123 Å². The zero-order valence-corrected chi connectivity index (χ0v) is 21.4. The van der Waals surface area contributed by atoms with Crippen molar-refractivity contribution in [2.75, 3.05) is 7.05 Å². The Bertz CT molecular complexity index is 1400. The second kappa shape index (κ2) is 11.5. The molecule has 0 fully saturated rings. The molecule has 4 aromatic rings. The van der Waals surface area contributed by atoms with Crippen LogP contribution < -0.4 is 5.32 Å². The van der Waals surface area contributed by atoms with E-state index in [4.69, 9.17) is 0 Å². The van der Waals surface area contributed by atoms with E-state index < -0.39 is 30.1 Å². The number of phenolic OH excluding ortho intramolecular Hbond substituents is 1. The number of aliphatic hydroxyl groups is 2. The predicted molar refractivity (Wildman–Crippen MR) is 142 cm³/mol. The van der Waals surface area contributed by atoms with E-state index in [1.54, 1.807) is 12.1 Å². The Balaban J connectivity index is 1.34. The van der Waals surface area contributed by atoms with Gasteiger partial charge in [0, 0.05) is 18.8 Å². The van der Waals surface area contributed by atoms with Crippen LogP contribution >= 0.6 is 11.3 Å². The van der Waals surface area contributed by atoms with Gasteiger partial charge in [-0.05, 0) is 34.9 Å². The van der Waals surface area contributed by atoms with Crippen LogP contribution in [0.5, 0.6) is 5.75 Å². The number of nitrogens with one attached hydrogen (secondary N) is 1. The average molecular weight is 520 g/mol. The smallest absolute Gasteiger partial charge is 0.254 e. The first-order valence-corrected chi connectivity index (χ1v) is 12.7. The number of fused-ring (bicyclic) bond motifs is 1. The number of hydrogen-bond acceptors (Lipinski definition) is 7. The van der Waals surface area contributed by atoms with Crippen LogP contribution in [0.4, 0.5) is 0 Å². The molecule has 3 atom stereocenters. The fraction of sp³-hybridized carbons (Fsp3) is 0.250. The third-order valence-electron chi connectivity index (χ3n) is 6.40. The number of carbonyl (C=O) groups is 2. The fourth-order valence-corrected chi connectivity index (χ4v) is 4.87. The highest BCUT2D eigenvalue weighted by Crippen LogP contribution is 2.28. The fourth-order valence-electron chi connectivity index (χ4n) is 4.14. The summed E-state index contributed by atoms with van der Waals surface area (Å²) in [6.45, 7) is 1.86. The first-order valence-electron chi connectivity index (χ1n) is 11.8. The lowest BCUT2D eigenvalue weighted by Gasteiger charge is -2.29. The number of aliphatic hydroxyl groups excluding tert-OH is 2. The summed E-state index contributed by atoms with van der Waals surface area (Å²) in [5, 5.41) is 37.8. The van der Waals surface area contributed by atoms with E-state index in [-0.39, 0.29) is 12.3 Å². The maximum absolute atomic E-state index is 12.9. The number of thiazole rings is 1. The van der Waals surface area contributed by atoms with E-state index in [0.29, 0.717) is 11.4 Å². The lowest BCUT2D eigenvalue weighted by molar-refractivity contribution is -0.153. The lowest BCUT2D eigenvalue weighted by Crippen LogP contribution is -2.50. The number of phenols is 1. The molecule has 0 unspecified atom stereocenters. The molecule has 9 heteroatoms. The van der Waals surface area contributed by atoms with Crippen LogP contribution in [0.3, 0.4) is 0 Å². The highest BCUT2D eigenvalue weighted by atomic mass is 32.1. The third kappa shape index (κ3) is 5.96. The summed E-state index contributed by atoms with van der Waals surface area (Å²) in [6.07, 6.45) is -3.42. The molecule has 0 bridgehead atoms. The van der Waals surface area contributed by atoms with Crippen molar-refractivity contribution in [1.82, 2.24) is 15.2 Å². The molecule has 2 amide bonds. The van der Waals surface area contributed by atoms with Crippen LogP contribution in [0.15, 0.2) is 72.1 Å². The summed E-state index contributed by atoms with van der Waals surface area (Å²) in [5.41, 5.74) is 2.36. The average Bonchev–Trinajstić information content (AvgIpc) is 3.37. The molecule has 0 saturated heterocycles. The standard InChI is InChI=1S/C28H29N3O5S/c1-17(21-12-7-10-18-8-3-5-11-22(18)21)31(2)28(36)26(34)25(33)27(35)29-15-24-30-20(16-37-24)14-19-9-4-6-13-23(19)32/h3-13,16-17,25-26,32-34H,14-15H2,1-2H3,(H,29,35)/t17-,25-,26-/m1/s1. The van der Waals surface area contributed by atoms with Gasteiger partial charge in [-0.3, -0.25) is 9.59 Å². The van der Waals surface area contributed by atoms with Gasteiger partial charge < -0.3 is 25.5 Å². The van der Waals surface area contributed by atoms with E-state index in [1.807, 2.05) is 66.9 Å². The summed E-state index contributed by atoms with van der Waals surface area (Å²) in [5.74, 6) is -1.45. The van der Waals surface area contributed by atoms with Crippen molar-refractivity contribution in [3.63, 3.8) is 0 Å². The Morgan fingerprint density at radius 1 is 1.00 bits per heavy atom. The van der Waals surface area contributed by atoms with Crippen LogP contribution in [0.25, 0.3) is 10.8 Å². The van der Waals surface area contributed by atoms with Gasteiger partial charge >= 0.3 is 0 Å². The summed E-state index contributed by atoms with van der Waals surface area (Å²) in [4.78, 5) is 31.2. The summed E-state index contributed by atoms with van der Waals surface area (Å²) in [7, 11) is 1.53. The molecule has 3 aromatic carbocycles. The number of para-hydroxylation sites is 1.